The van der Waals surface area contributed by atoms with E-state index in [2.05, 4.69) is 89.1 Å². The lowest BCUT2D eigenvalue weighted by Gasteiger charge is -2.28. The zero-order valence-corrected chi connectivity index (χ0v) is 21.3. The summed E-state index contributed by atoms with van der Waals surface area (Å²) in [5, 5.41) is 4.25. The number of rotatable bonds is 6. The number of methoxy groups -OCH3 is 1. The molecule has 178 valence electrons. The summed E-state index contributed by atoms with van der Waals surface area (Å²) in [6.45, 7) is 6.54. The van der Waals surface area contributed by atoms with Gasteiger partial charge in [0.15, 0.2) is 5.11 Å². The van der Waals surface area contributed by atoms with Crippen LogP contribution in [0.3, 0.4) is 0 Å². The summed E-state index contributed by atoms with van der Waals surface area (Å²) < 4.78 is 7.72. The minimum Gasteiger partial charge on any atom is -0.497 e. The molecule has 1 saturated heterocycles. The van der Waals surface area contributed by atoms with Crippen LogP contribution in [0.15, 0.2) is 79.0 Å². The van der Waals surface area contributed by atoms with Crippen LogP contribution in [0, 0.1) is 13.8 Å². The molecular weight excluding hydrogens is 452 g/mol. The third-order valence-corrected chi connectivity index (χ3v) is 7.15. The highest BCUT2D eigenvalue weighted by Crippen LogP contribution is 2.44. The van der Waals surface area contributed by atoms with E-state index in [4.69, 9.17) is 17.0 Å². The highest BCUT2D eigenvalue weighted by atomic mass is 32.1. The van der Waals surface area contributed by atoms with Gasteiger partial charge in [-0.25, -0.2) is 0 Å². The Balaban J connectivity index is 1.64. The molecule has 0 spiro atoms. The van der Waals surface area contributed by atoms with Crippen LogP contribution in [0.2, 0.25) is 0 Å². The predicted molar refractivity (Wildman–Crippen MR) is 146 cm³/mol. The lowest BCUT2D eigenvalue weighted by Crippen LogP contribution is -2.29. The number of benzene rings is 2. The van der Waals surface area contributed by atoms with E-state index in [1.54, 1.807) is 7.11 Å². The van der Waals surface area contributed by atoms with Gasteiger partial charge >= 0.3 is 0 Å². The van der Waals surface area contributed by atoms with Crippen molar-refractivity contribution >= 4 is 23.0 Å². The van der Waals surface area contributed by atoms with Gasteiger partial charge in [0.1, 0.15) is 5.75 Å². The lowest BCUT2D eigenvalue weighted by molar-refractivity contribution is 0.415. The first-order chi connectivity index (χ1) is 17.0. The van der Waals surface area contributed by atoms with Crippen molar-refractivity contribution in [2.45, 2.75) is 39.3 Å². The molecule has 1 aliphatic heterocycles. The van der Waals surface area contributed by atoms with E-state index < -0.39 is 0 Å². The molecule has 1 N–H and O–H groups in total. The van der Waals surface area contributed by atoms with E-state index in [9.17, 15) is 0 Å². The number of thiocarbonyl (C=S) groups is 1. The van der Waals surface area contributed by atoms with E-state index in [0.29, 0.717) is 5.11 Å². The van der Waals surface area contributed by atoms with Crippen LogP contribution in [0.1, 0.15) is 47.2 Å². The molecule has 0 bridgehead atoms. The molecule has 4 aromatic rings. The Morgan fingerprint density at radius 1 is 0.971 bits per heavy atom. The van der Waals surface area contributed by atoms with E-state index in [-0.39, 0.29) is 12.1 Å². The average Bonchev–Trinajstić information content (AvgIpc) is 3.39. The molecular formula is C29H30N4OS. The Kier molecular flexibility index (Phi) is 6.31. The zero-order chi connectivity index (χ0) is 24.5. The van der Waals surface area contributed by atoms with Crippen LogP contribution < -0.4 is 15.0 Å². The van der Waals surface area contributed by atoms with Gasteiger partial charge in [0, 0.05) is 29.0 Å². The van der Waals surface area contributed by atoms with Crippen LogP contribution in [0.4, 0.5) is 5.69 Å². The third-order valence-electron chi connectivity index (χ3n) is 6.84. The molecule has 2 aromatic carbocycles. The second kappa shape index (κ2) is 9.55. The maximum atomic E-state index is 5.89. The summed E-state index contributed by atoms with van der Waals surface area (Å²) in [5.74, 6) is 0.818. The molecule has 1 aliphatic rings. The van der Waals surface area contributed by atoms with Crippen molar-refractivity contribution < 1.29 is 4.74 Å². The number of pyridine rings is 1. The van der Waals surface area contributed by atoms with Crippen molar-refractivity contribution in [2.24, 2.45) is 0 Å². The average molecular weight is 483 g/mol. The van der Waals surface area contributed by atoms with Gasteiger partial charge in [-0.1, -0.05) is 25.1 Å². The number of nitrogens with one attached hydrogen (secondary N) is 1. The van der Waals surface area contributed by atoms with Crippen molar-refractivity contribution in [3.05, 3.63) is 107 Å². The molecule has 2 atom stereocenters. The van der Waals surface area contributed by atoms with E-state index in [1.165, 1.54) is 28.2 Å². The topological polar surface area (TPSA) is 42.3 Å². The maximum absolute atomic E-state index is 5.89. The number of hydrogen-bond donors (Lipinski definition) is 1. The van der Waals surface area contributed by atoms with Gasteiger partial charge in [-0.05, 0) is 98.2 Å². The van der Waals surface area contributed by atoms with E-state index in [0.717, 1.165) is 23.6 Å². The molecule has 3 heterocycles. The zero-order valence-electron chi connectivity index (χ0n) is 20.5. The second-order valence-electron chi connectivity index (χ2n) is 8.88. The maximum Gasteiger partial charge on any atom is 0.174 e. The van der Waals surface area contributed by atoms with Crippen molar-refractivity contribution in [1.29, 1.82) is 0 Å². The minimum absolute atomic E-state index is 0.0549. The molecule has 0 amide bonds. The first-order valence-electron chi connectivity index (χ1n) is 11.9. The van der Waals surface area contributed by atoms with Crippen LogP contribution >= 0.6 is 12.2 Å². The van der Waals surface area contributed by atoms with Crippen LogP contribution in [0.5, 0.6) is 5.75 Å². The fourth-order valence-electron chi connectivity index (χ4n) is 5.06. The molecule has 6 heteroatoms. The Hall–Kier alpha value is -3.64. The molecule has 2 aromatic heterocycles. The normalized spacial score (nSPS) is 17.5. The number of hydrogen-bond acceptors (Lipinski definition) is 3. The first kappa shape index (κ1) is 23.1. The van der Waals surface area contributed by atoms with Gasteiger partial charge in [-0.3, -0.25) is 4.98 Å². The molecule has 0 radical (unpaired) electrons. The minimum atomic E-state index is -0.0813. The number of aromatic nitrogens is 2. The molecule has 0 aliphatic carbocycles. The molecule has 2 unspecified atom stereocenters. The van der Waals surface area contributed by atoms with Crippen molar-refractivity contribution in [3.63, 3.8) is 0 Å². The van der Waals surface area contributed by atoms with E-state index >= 15 is 0 Å². The Labute approximate surface area is 212 Å². The Bertz CT molecular complexity index is 1330. The Morgan fingerprint density at radius 3 is 2.31 bits per heavy atom. The van der Waals surface area contributed by atoms with Gasteiger partial charge in [-0.15, -0.1) is 0 Å². The van der Waals surface area contributed by atoms with Crippen LogP contribution in [-0.4, -0.2) is 21.8 Å². The standard InChI is InChI=1S/C29H30N4OS/c1-5-21-9-11-22(12-10-21)32-19(2)18-25(20(32)3)28-27(26-8-6-7-17-30-26)31-29(35)33(28)23-13-15-24(34-4)16-14-23/h6-18,27-28H,5H2,1-4H3,(H,31,35). The highest BCUT2D eigenvalue weighted by Gasteiger charge is 2.42. The summed E-state index contributed by atoms with van der Waals surface area (Å²) >= 11 is 5.89. The largest absolute Gasteiger partial charge is 0.497 e. The van der Waals surface area contributed by atoms with Crippen molar-refractivity contribution in [3.8, 4) is 11.4 Å². The number of aryl methyl sites for hydroxylation is 2. The Morgan fingerprint density at radius 2 is 1.69 bits per heavy atom. The second-order valence-corrected chi connectivity index (χ2v) is 9.26. The molecule has 35 heavy (non-hydrogen) atoms. The molecule has 5 rings (SSSR count). The number of anilines is 1. The first-order valence-corrected chi connectivity index (χ1v) is 12.4. The predicted octanol–water partition coefficient (Wildman–Crippen LogP) is 6.24. The van der Waals surface area contributed by atoms with Gasteiger partial charge < -0.3 is 19.5 Å². The van der Waals surface area contributed by atoms with Crippen molar-refractivity contribution in [1.82, 2.24) is 14.9 Å². The van der Waals surface area contributed by atoms with Gasteiger partial charge in [-0.2, -0.15) is 0 Å². The monoisotopic (exact) mass is 482 g/mol. The molecule has 5 nitrogen and oxygen atoms in total. The summed E-state index contributed by atoms with van der Waals surface area (Å²) in [5.41, 5.74) is 8.10. The summed E-state index contributed by atoms with van der Waals surface area (Å²) in [6, 6.07) is 25.1. The third kappa shape index (κ3) is 4.19. The van der Waals surface area contributed by atoms with E-state index in [1.807, 2.05) is 30.5 Å². The SMILES string of the molecule is CCc1ccc(-n2c(C)cc(C3C(c4ccccn4)NC(=S)N3c3ccc(OC)cc3)c2C)cc1. The van der Waals surface area contributed by atoms with Crippen LogP contribution in [0.25, 0.3) is 5.69 Å². The summed E-state index contributed by atoms with van der Waals surface area (Å²) in [7, 11) is 1.68. The fourth-order valence-corrected chi connectivity index (χ4v) is 5.40. The summed E-state index contributed by atoms with van der Waals surface area (Å²) in [6.07, 6.45) is 2.87. The smallest absolute Gasteiger partial charge is 0.174 e. The quantitative estimate of drug-likeness (QED) is 0.330. The van der Waals surface area contributed by atoms with Gasteiger partial charge in [0.05, 0.1) is 24.9 Å². The fraction of sp³-hybridized carbons (Fsp3) is 0.241. The van der Waals surface area contributed by atoms with Gasteiger partial charge in [0.25, 0.3) is 0 Å². The number of nitrogens with zero attached hydrogens (tertiary/aromatic N) is 3. The molecule has 0 saturated carbocycles. The van der Waals surface area contributed by atoms with Crippen LogP contribution in [-0.2, 0) is 6.42 Å². The molecule has 1 fully saturated rings. The van der Waals surface area contributed by atoms with Crippen molar-refractivity contribution in [2.75, 3.05) is 12.0 Å². The highest BCUT2D eigenvalue weighted by molar-refractivity contribution is 7.80. The summed E-state index contributed by atoms with van der Waals surface area (Å²) in [4.78, 5) is 6.90. The van der Waals surface area contributed by atoms with Gasteiger partial charge in [0.2, 0.25) is 0 Å². The number of ether oxygens (including phenoxy) is 1. The lowest BCUT2D eigenvalue weighted by atomic mass is 9.96.